The van der Waals surface area contributed by atoms with Crippen molar-refractivity contribution in [3.8, 4) is 5.75 Å². The fourth-order valence-electron chi connectivity index (χ4n) is 4.11. The van der Waals surface area contributed by atoms with E-state index in [0.29, 0.717) is 15.6 Å². The summed E-state index contributed by atoms with van der Waals surface area (Å²) in [6.45, 7) is 3.27. The van der Waals surface area contributed by atoms with Crippen LogP contribution in [0, 0.1) is 5.82 Å². The number of allylic oxidation sites excluding steroid dienone is 1. The molecule has 2 aliphatic rings. The third kappa shape index (κ3) is 6.15. The predicted molar refractivity (Wildman–Crippen MR) is 149 cm³/mol. The van der Waals surface area contributed by atoms with Crippen molar-refractivity contribution in [3.63, 3.8) is 0 Å². The maximum atomic E-state index is 14.3. The van der Waals surface area contributed by atoms with Crippen molar-refractivity contribution < 1.29 is 28.2 Å². The van der Waals surface area contributed by atoms with Gasteiger partial charge in [0.05, 0.1) is 27.0 Å². The summed E-state index contributed by atoms with van der Waals surface area (Å²) in [5, 5.41) is 3.37. The molecule has 1 N–H and O–H groups in total. The molecule has 0 unspecified atom stereocenters. The lowest BCUT2D eigenvalue weighted by Crippen LogP contribution is -2.34. The van der Waals surface area contributed by atoms with Gasteiger partial charge < -0.3 is 14.8 Å². The third-order valence-corrected chi connectivity index (χ3v) is 7.56. The van der Waals surface area contributed by atoms with E-state index < -0.39 is 17.8 Å². The molecule has 3 aromatic rings. The van der Waals surface area contributed by atoms with Crippen LogP contribution in [-0.4, -0.2) is 43.2 Å². The summed E-state index contributed by atoms with van der Waals surface area (Å²) in [6, 6.07) is 10.00. The van der Waals surface area contributed by atoms with Gasteiger partial charge in [-0.15, -0.1) is 0 Å². The number of hydrogen-bond acceptors (Lipinski definition) is 7. The Labute approximate surface area is 234 Å². The Morgan fingerprint density at radius 2 is 1.92 bits per heavy atom. The average Bonchev–Trinajstić information content (AvgIpc) is 3.64. The molecule has 5 rings (SSSR count). The maximum absolute atomic E-state index is 14.3. The largest absolute Gasteiger partial charge is 0.489 e. The fraction of sp³-hybridized carbons (Fsp3) is 0.333. The standard InChI is InChI=1S/C17H17ClFNO4.C10H11N3OS/c1-9(2)15-16(21)20(17(22)24-15)13-8-14(11(18)7-12(13)19)23-10-5-3-4-6-10;1-11-9(14)13(2)10-12-7-5-3-4-6-8(7)15-10/h7-8,10H,3-6H2,1-2H3;3-6H,1-2H3,(H,11,14). The zero-order valence-corrected chi connectivity index (χ0v) is 23.5. The molecule has 1 saturated carbocycles. The normalized spacial score (nSPS) is 15.2. The van der Waals surface area contributed by atoms with Crippen LogP contribution in [-0.2, 0) is 9.53 Å². The minimum absolute atomic E-state index is 0.00962. The van der Waals surface area contributed by atoms with E-state index in [0.717, 1.165) is 42.0 Å². The summed E-state index contributed by atoms with van der Waals surface area (Å²) in [7, 11) is 3.31. The Kier molecular flexibility index (Phi) is 8.71. The van der Waals surface area contributed by atoms with Crippen LogP contribution in [0.2, 0.25) is 5.02 Å². The minimum atomic E-state index is -0.941. The highest BCUT2D eigenvalue weighted by atomic mass is 35.5. The van der Waals surface area contributed by atoms with Gasteiger partial charge in [0.25, 0.3) is 0 Å². The van der Waals surface area contributed by atoms with Gasteiger partial charge in [-0.3, -0.25) is 9.69 Å². The van der Waals surface area contributed by atoms with Gasteiger partial charge in [0.15, 0.2) is 10.9 Å². The maximum Gasteiger partial charge on any atom is 0.427 e. The topological polar surface area (TPSA) is 101 Å². The number of nitrogens with one attached hydrogen (secondary N) is 1. The SMILES string of the molecule is CC(C)=C1OC(=O)N(c2cc(OC3CCCC3)c(Cl)cc2F)C1=O.CNC(=O)N(C)c1nc2ccccc2s1. The number of carbonyl (C=O) groups is 3. The molecule has 2 aromatic carbocycles. The number of aromatic nitrogens is 1. The summed E-state index contributed by atoms with van der Waals surface area (Å²) in [6.07, 6.45) is 3.00. The highest BCUT2D eigenvalue weighted by Gasteiger charge is 2.40. The molecular formula is C27H28ClFN4O5S. The molecule has 0 bridgehead atoms. The number of cyclic esters (lactones) is 1. The molecule has 0 spiro atoms. The Bertz CT molecular complexity index is 1420. The van der Waals surface area contributed by atoms with Gasteiger partial charge in [0.2, 0.25) is 0 Å². The average molecular weight is 575 g/mol. The molecule has 206 valence electrons. The molecule has 0 atom stereocenters. The first-order valence-corrected chi connectivity index (χ1v) is 13.5. The Morgan fingerprint density at radius 3 is 2.54 bits per heavy atom. The van der Waals surface area contributed by atoms with Gasteiger partial charge in [-0.05, 0) is 63.3 Å². The minimum Gasteiger partial charge on any atom is -0.489 e. The number of carbonyl (C=O) groups excluding carboxylic acids is 3. The molecule has 1 aromatic heterocycles. The molecule has 39 heavy (non-hydrogen) atoms. The number of halogens is 2. The highest BCUT2D eigenvalue weighted by molar-refractivity contribution is 7.22. The molecule has 1 aliphatic heterocycles. The van der Waals surface area contributed by atoms with Crippen LogP contribution in [0.3, 0.4) is 0 Å². The molecule has 4 amide bonds. The second-order valence-electron chi connectivity index (χ2n) is 9.17. The number of anilines is 2. The molecule has 1 aliphatic carbocycles. The number of benzene rings is 2. The first kappa shape index (κ1) is 28.3. The van der Waals surface area contributed by atoms with Crippen molar-refractivity contribution in [1.82, 2.24) is 10.3 Å². The lowest BCUT2D eigenvalue weighted by atomic mass is 10.2. The number of para-hydroxylation sites is 1. The van der Waals surface area contributed by atoms with E-state index in [4.69, 9.17) is 21.1 Å². The lowest BCUT2D eigenvalue weighted by molar-refractivity contribution is -0.114. The first-order valence-electron chi connectivity index (χ1n) is 12.3. The third-order valence-electron chi connectivity index (χ3n) is 6.15. The van der Waals surface area contributed by atoms with Gasteiger partial charge in [-0.25, -0.2) is 23.9 Å². The van der Waals surface area contributed by atoms with Gasteiger partial charge >= 0.3 is 18.0 Å². The Hall–Kier alpha value is -3.70. The number of nitrogens with zero attached hydrogens (tertiary/aromatic N) is 3. The van der Waals surface area contributed by atoms with Crippen LogP contribution < -0.4 is 19.9 Å². The predicted octanol–water partition coefficient (Wildman–Crippen LogP) is 6.65. The molecule has 2 heterocycles. The van der Waals surface area contributed by atoms with Crippen molar-refractivity contribution in [2.75, 3.05) is 23.9 Å². The Balaban J connectivity index is 0.000000202. The highest BCUT2D eigenvalue weighted by Crippen LogP contribution is 2.37. The second-order valence-corrected chi connectivity index (χ2v) is 10.6. The van der Waals surface area contributed by atoms with E-state index in [9.17, 15) is 18.8 Å². The monoisotopic (exact) mass is 574 g/mol. The summed E-state index contributed by atoms with van der Waals surface area (Å²) in [5.41, 5.74) is 1.24. The number of imide groups is 1. The fourth-order valence-corrected chi connectivity index (χ4v) is 5.23. The Morgan fingerprint density at radius 1 is 1.23 bits per heavy atom. The number of rotatable bonds is 4. The van der Waals surface area contributed by atoms with E-state index in [1.807, 2.05) is 24.3 Å². The van der Waals surface area contributed by atoms with Crippen LogP contribution in [0.5, 0.6) is 5.75 Å². The van der Waals surface area contributed by atoms with Gasteiger partial charge in [-0.1, -0.05) is 35.1 Å². The zero-order chi connectivity index (χ0) is 28.3. The first-order chi connectivity index (χ1) is 18.6. The van der Waals surface area contributed by atoms with Gasteiger partial charge in [0.1, 0.15) is 11.6 Å². The number of thiazole rings is 1. The van der Waals surface area contributed by atoms with Crippen molar-refractivity contribution in [2.24, 2.45) is 0 Å². The van der Waals surface area contributed by atoms with E-state index in [1.54, 1.807) is 27.9 Å². The van der Waals surface area contributed by atoms with Crippen molar-refractivity contribution in [1.29, 1.82) is 0 Å². The number of fused-ring (bicyclic) bond motifs is 1. The molecule has 0 radical (unpaired) electrons. The van der Waals surface area contributed by atoms with E-state index in [-0.39, 0.29) is 34.4 Å². The zero-order valence-electron chi connectivity index (χ0n) is 21.9. The smallest absolute Gasteiger partial charge is 0.427 e. The molecule has 12 heteroatoms. The van der Waals surface area contributed by atoms with E-state index in [2.05, 4.69) is 10.3 Å². The molecule has 9 nitrogen and oxygen atoms in total. The van der Waals surface area contributed by atoms with Crippen LogP contribution in [0.15, 0.2) is 47.7 Å². The summed E-state index contributed by atoms with van der Waals surface area (Å²) >= 11 is 7.55. The summed E-state index contributed by atoms with van der Waals surface area (Å²) in [4.78, 5) is 42.2. The molecule has 2 fully saturated rings. The van der Waals surface area contributed by atoms with Crippen molar-refractivity contribution in [2.45, 2.75) is 45.6 Å². The number of ether oxygens (including phenoxy) is 2. The van der Waals surface area contributed by atoms with Crippen LogP contribution in [0.25, 0.3) is 10.2 Å². The van der Waals surface area contributed by atoms with Crippen molar-refractivity contribution in [3.05, 3.63) is 58.6 Å². The van der Waals surface area contributed by atoms with Gasteiger partial charge in [-0.2, -0.15) is 0 Å². The summed E-state index contributed by atoms with van der Waals surface area (Å²) < 4.78 is 26.1. The number of hydrogen-bond donors (Lipinski definition) is 1. The van der Waals surface area contributed by atoms with Crippen LogP contribution in [0.4, 0.5) is 24.8 Å². The van der Waals surface area contributed by atoms with E-state index in [1.165, 1.54) is 22.3 Å². The van der Waals surface area contributed by atoms with E-state index >= 15 is 0 Å². The number of amides is 4. The van der Waals surface area contributed by atoms with Crippen LogP contribution >= 0.6 is 22.9 Å². The summed E-state index contributed by atoms with van der Waals surface area (Å²) in [5.74, 6) is -1.33. The van der Waals surface area contributed by atoms with Crippen LogP contribution in [0.1, 0.15) is 39.5 Å². The number of urea groups is 1. The second kappa shape index (κ2) is 12.0. The molecular weight excluding hydrogens is 547 g/mol. The molecule has 1 saturated heterocycles. The lowest BCUT2D eigenvalue weighted by Gasteiger charge is -2.18. The van der Waals surface area contributed by atoms with Crippen molar-refractivity contribution >= 4 is 62.0 Å². The van der Waals surface area contributed by atoms with Gasteiger partial charge in [0, 0.05) is 20.2 Å². The quantitative estimate of drug-likeness (QED) is 0.350.